The van der Waals surface area contributed by atoms with E-state index in [0.29, 0.717) is 28.1 Å². The summed E-state index contributed by atoms with van der Waals surface area (Å²) in [6.07, 6.45) is 0. The highest BCUT2D eigenvalue weighted by Gasteiger charge is 2.15. The molecule has 0 unspecified atom stereocenters. The Hall–Kier alpha value is -2.01. The van der Waals surface area contributed by atoms with Crippen LogP contribution in [-0.4, -0.2) is 19.6 Å². The maximum Gasteiger partial charge on any atom is 0.255 e. The number of aryl methyl sites for hydroxylation is 1. The third kappa shape index (κ3) is 3.60. The first-order chi connectivity index (χ1) is 10.6. The number of rotatable bonds is 5. The molecule has 4 nitrogen and oxygen atoms in total. The van der Waals surface area contributed by atoms with Gasteiger partial charge in [-0.1, -0.05) is 18.2 Å². The van der Waals surface area contributed by atoms with Gasteiger partial charge in [-0.25, -0.2) is 0 Å². The maximum atomic E-state index is 12.4. The number of hydrogen-bond donors (Lipinski definition) is 1. The lowest BCUT2D eigenvalue weighted by atomic mass is 10.1. The SMILES string of the molecule is CCOc1c(Br)cc(C(=O)Nc2ccccc2C)cc1OC. The summed E-state index contributed by atoms with van der Waals surface area (Å²) >= 11 is 3.42. The number of carbonyl (C=O) groups is 1. The molecule has 0 saturated carbocycles. The predicted octanol–water partition coefficient (Wildman–Crippen LogP) is 4.42. The molecule has 0 aromatic heterocycles. The average molecular weight is 364 g/mol. The Morgan fingerprint density at radius 3 is 2.64 bits per heavy atom. The van der Waals surface area contributed by atoms with Crippen molar-refractivity contribution in [1.29, 1.82) is 0 Å². The number of halogens is 1. The fraction of sp³-hybridized carbons (Fsp3) is 0.235. The molecule has 2 aromatic rings. The minimum atomic E-state index is -0.198. The molecule has 0 aliphatic rings. The second-order valence-corrected chi connectivity index (χ2v) is 5.55. The van der Waals surface area contributed by atoms with Gasteiger partial charge in [-0.05, 0) is 53.5 Å². The summed E-state index contributed by atoms with van der Waals surface area (Å²) in [6, 6.07) is 11.0. The fourth-order valence-corrected chi connectivity index (χ4v) is 2.60. The molecule has 5 heteroatoms. The van der Waals surface area contributed by atoms with Gasteiger partial charge in [-0.3, -0.25) is 4.79 Å². The van der Waals surface area contributed by atoms with Gasteiger partial charge in [0.2, 0.25) is 0 Å². The molecule has 0 aliphatic heterocycles. The van der Waals surface area contributed by atoms with E-state index in [0.717, 1.165) is 11.3 Å². The van der Waals surface area contributed by atoms with Crippen molar-refractivity contribution in [1.82, 2.24) is 0 Å². The molecule has 2 aromatic carbocycles. The molecule has 0 saturated heterocycles. The summed E-state index contributed by atoms with van der Waals surface area (Å²) in [4.78, 5) is 12.4. The summed E-state index contributed by atoms with van der Waals surface area (Å²) in [5, 5.41) is 2.90. The molecular formula is C17H18BrNO3. The van der Waals surface area contributed by atoms with E-state index in [4.69, 9.17) is 9.47 Å². The van der Waals surface area contributed by atoms with Gasteiger partial charge in [-0.15, -0.1) is 0 Å². The van der Waals surface area contributed by atoms with Crippen molar-refractivity contribution in [3.8, 4) is 11.5 Å². The van der Waals surface area contributed by atoms with Gasteiger partial charge in [-0.2, -0.15) is 0 Å². The van der Waals surface area contributed by atoms with Gasteiger partial charge in [0.1, 0.15) is 0 Å². The number of amides is 1. The number of methoxy groups -OCH3 is 1. The van der Waals surface area contributed by atoms with Crippen LogP contribution in [0.15, 0.2) is 40.9 Å². The van der Waals surface area contributed by atoms with Crippen LogP contribution in [0, 0.1) is 6.92 Å². The molecule has 0 heterocycles. The van der Waals surface area contributed by atoms with Crippen LogP contribution in [0.3, 0.4) is 0 Å². The molecule has 116 valence electrons. The zero-order valence-electron chi connectivity index (χ0n) is 12.8. The van der Waals surface area contributed by atoms with Crippen molar-refractivity contribution in [3.05, 3.63) is 52.0 Å². The minimum absolute atomic E-state index is 0.198. The summed E-state index contributed by atoms with van der Waals surface area (Å²) in [5.41, 5.74) is 2.29. The summed E-state index contributed by atoms with van der Waals surface area (Å²) in [5.74, 6) is 0.917. The molecular weight excluding hydrogens is 346 g/mol. The third-order valence-corrected chi connectivity index (χ3v) is 3.76. The van der Waals surface area contributed by atoms with Crippen molar-refractivity contribution in [2.24, 2.45) is 0 Å². The number of hydrogen-bond acceptors (Lipinski definition) is 3. The number of carbonyl (C=O) groups excluding carboxylic acids is 1. The van der Waals surface area contributed by atoms with Crippen molar-refractivity contribution in [2.45, 2.75) is 13.8 Å². The van der Waals surface area contributed by atoms with E-state index in [1.54, 1.807) is 19.2 Å². The summed E-state index contributed by atoms with van der Waals surface area (Å²) < 4.78 is 11.5. The van der Waals surface area contributed by atoms with E-state index >= 15 is 0 Å². The topological polar surface area (TPSA) is 47.6 Å². The van der Waals surface area contributed by atoms with Gasteiger partial charge in [0.25, 0.3) is 5.91 Å². The van der Waals surface area contributed by atoms with Gasteiger partial charge in [0.15, 0.2) is 11.5 Å². The van der Waals surface area contributed by atoms with E-state index < -0.39 is 0 Å². The molecule has 1 amide bonds. The smallest absolute Gasteiger partial charge is 0.255 e. The highest BCUT2D eigenvalue weighted by atomic mass is 79.9. The molecule has 0 radical (unpaired) electrons. The monoisotopic (exact) mass is 363 g/mol. The van der Waals surface area contributed by atoms with Crippen LogP contribution in [0.2, 0.25) is 0 Å². The van der Waals surface area contributed by atoms with Gasteiger partial charge in [0.05, 0.1) is 18.2 Å². The molecule has 1 N–H and O–H groups in total. The Morgan fingerprint density at radius 1 is 1.27 bits per heavy atom. The average Bonchev–Trinajstić information content (AvgIpc) is 2.51. The Labute approximate surface area is 138 Å². The zero-order chi connectivity index (χ0) is 16.1. The number of ether oxygens (including phenoxy) is 2. The first kappa shape index (κ1) is 16.4. The van der Waals surface area contributed by atoms with Crippen LogP contribution in [0.5, 0.6) is 11.5 Å². The Kier molecular flexibility index (Phi) is 5.44. The molecule has 2 rings (SSSR count). The number of anilines is 1. The van der Waals surface area contributed by atoms with Crippen LogP contribution < -0.4 is 14.8 Å². The van der Waals surface area contributed by atoms with Crippen LogP contribution in [0.25, 0.3) is 0 Å². The fourth-order valence-electron chi connectivity index (χ4n) is 2.04. The molecule has 0 spiro atoms. The van der Waals surface area contributed by atoms with Crippen molar-refractivity contribution in [3.63, 3.8) is 0 Å². The van der Waals surface area contributed by atoms with Crippen LogP contribution >= 0.6 is 15.9 Å². The van der Waals surface area contributed by atoms with Crippen LogP contribution in [-0.2, 0) is 0 Å². The second kappa shape index (κ2) is 7.31. The van der Waals surface area contributed by atoms with E-state index in [9.17, 15) is 4.79 Å². The second-order valence-electron chi connectivity index (χ2n) is 4.69. The molecule has 0 aliphatic carbocycles. The van der Waals surface area contributed by atoms with E-state index in [-0.39, 0.29) is 5.91 Å². The van der Waals surface area contributed by atoms with Crippen LogP contribution in [0.1, 0.15) is 22.8 Å². The molecule has 0 bridgehead atoms. The van der Waals surface area contributed by atoms with E-state index in [2.05, 4.69) is 21.2 Å². The summed E-state index contributed by atoms with van der Waals surface area (Å²) in [6.45, 7) is 4.36. The lowest BCUT2D eigenvalue weighted by Crippen LogP contribution is -2.13. The number of nitrogens with one attached hydrogen (secondary N) is 1. The number of para-hydroxylation sites is 1. The summed E-state index contributed by atoms with van der Waals surface area (Å²) in [7, 11) is 1.55. The van der Waals surface area contributed by atoms with Gasteiger partial charge < -0.3 is 14.8 Å². The standard InChI is InChI=1S/C17H18BrNO3/c1-4-22-16-13(18)9-12(10-15(16)21-3)17(20)19-14-8-6-5-7-11(14)2/h5-10H,4H2,1-3H3,(H,19,20). The predicted molar refractivity (Wildman–Crippen MR) is 91.0 cm³/mol. The van der Waals surface area contributed by atoms with Crippen molar-refractivity contribution < 1.29 is 14.3 Å². The number of benzene rings is 2. The normalized spacial score (nSPS) is 10.2. The van der Waals surface area contributed by atoms with Gasteiger partial charge in [0, 0.05) is 11.3 Å². The quantitative estimate of drug-likeness (QED) is 0.855. The Bertz CT molecular complexity index is 686. The van der Waals surface area contributed by atoms with E-state index in [1.807, 2.05) is 38.1 Å². The first-order valence-corrected chi connectivity index (χ1v) is 7.73. The van der Waals surface area contributed by atoms with Gasteiger partial charge >= 0.3 is 0 Å². The Morgan fingerprint density at radius 2 is 2.00 bits per heavy atom. The first-order valence-electron chi connectivity index (χ1n) is 6.94. The van der Waals surface area contributed by atoms with Crippen molar-refractivity contribution in [2.75, 3.05) is 19.0 Å². The highest BCUT2D eigenvalue weighted by molar-refractivity contribution is 9.10. The highest BCUT2D eigenvalue weighted by Crippen LogP contribution is 2.36. The lowest BCUT2D eigenvalue weighted by Gasteiger charge is -2.14. The largest absolute Gasteiger partial charge is 0.493 e. The third-order valence-electron chi connectivity index (χ3n) is 3.17. The van der Waals surface area contributed by atoms with E-state index in [1.165, 1.54) is 0 Å². The zero-order valence-corrected chi connectivity index (χ0v) is 14.4. The molecule has 0 atom stereocenters. The van der Waals surface area contributed by atoms with Crippen molar-refractivity contribution >= 4 is 27.5 Å². The maximum absolute atomic E-state index is 12.4. The molecule has 0 fully saturated rings. The Balaban J connectivity index is 2.30. The van der Waals surface area contributed by atoms with Crippen LogP contribution in [0.4, 0.5) is 5.69 Å². The lowest BCUT2D eigenvalue weighted by molar-refractivity contribution is 0.102. The minimum Gasteiger partial charge on any atom is -0.493 e. The molecule has 22 heavy (non-hydrogen) atoms.